The number of nitrogens with one attached hydrogen (secondary N) is 1. The first-order valence-corrected chi connectivity index (χ1v) is 10.9. The molecule has 3 aromatic rings. The van der Waals surface area contributed by atoms with Crippen molar-refractivity contribution < 1.29 is 9.59 Å². The summed E-state index contributed by atoms with van der Waals surface area (Å²) in [6.07, 6.45) is 0. The molecule has 3 aromatic carbocycles. The lowest BCUT2D eigenvalue weighted by Gasteiger charge is -2.19. The van der Waals surface area contributed by atoms with Crippen molar-refractivity contribution in [2.24, 2.45) is 0 Å². The van der Waals surface area contributed by atoms with Crippen molar-refractivity contribution in [3.63, 3.8) is 0 Å². The summed E-state index contributed by atoms with van der Waals surface area (Å²) in [5.74, 6) is -0.642. The van der Waals surface area contributed by atoms with E-state index in [4.69, 9.17) is 0 Å². The predicted molar refractivity (Wildman–Crippen MR) is 127 cm³/mol. The number of rotatable bonds is 5. The second kappa shape index (κ2) is 8.44. The smallest absolute Gasteiger partial charge is 0.283 e. The highest BCUT2D eigenvalue weighted by molar-refractivity contribution is 8.04. The van der Waals surface area contributed by atoms with Crippen LogP contribution < -0.4 is 10.2 Å². The third-order valence-corrected chi connectivity index (χ3v) is 6.55. The van der Waals surface area contributed by atoms with Gasteiger partial charge in [0, 0.05) is 10.6 Å². The molecule has 156 valence electrons. The number of benzene rings is 3. The van der Waals surface area contributed by atoms with E-state index in [-0.39, 0.29) is 11.8 Å². The molecule has 2 amide bonds. The normalized spacial score (nSPS) is 13.9. The van der Waals surface area contributed by atoms with Gasteiger partial charge in [-0.2, -0.15) is 0 Å². The van der Waals surface area contributed by atoms with Crippen LogP contribution in [0.2, 0.25) is 0 Å². The van der Waals surface area contributed by atoms with Crippen LogP contribution >= 0.6 is 11.8 Å². The molecule has 0 fully saturated rings. The lowest BCUT2D eigenvalue weighted by Crippen LogP contribution is -2.33. The van der Waals surface area contributed by atoms with Crippen molar-refractivity contribution >= 4 is 35.0 Å². The van der Waals surface area contributed by atoms with E-state index in [1.165, 1.54) is 16.7 Å². The van der Waals surface area contributed by atoms with E-state index in [2.05, 4.69) is 11.4 Å². The molecule has 4 nitrogen and oxygen atoms in total. The van der Waals surface area contributed by atoms with Gasteiger partial charge in [-0.25, -0.2) is 4.90 Å². The van der Waals surface area contributed by atoms with Gasteiger partial charge in [-0.05, 0) is 68.7 Å². The van der Waals surface area contributed by atoms with Gasteiger partial charge in [0.05, 0.1) is 5.69 Å². The number of thioether (sulfide) groups is 1. The summed E-state index contributed by atoms with van der Waals surface area (Å²) in [5, 5.41) is 3.27. The van der Waals surface area contributed by atoms with Crippen LogP contribution in [-0.2, 0) is 9.59 Å². The van der Waals surface area contributed by atoms with E-state index in [0.717, 1.165) is 32.8 Å². The van der Waals surface area contributed by atoms with Gasteiger partial charge in [-0.3, -0.25) is 9.59 Å². The molecule has 0 saturated carbocycles. The van der Waals surface area contributed by atoms with Crippen molar-refractivity contribution in [2.75, 3.05) is 10.2 Å². The van der Waals surface area contributed by atoms with E-state index in [0.29, 0.717) is 16.3 Å². The van der Waals surface area contributed by atoms with Crippen molar-refractivity contribution in [3.8, 4) is 0 Å². The van der Waals surface area contributed by atoms with Gasteiger partial charge in [0.2, 0.25) is 0 Å². The molecule has 0 aliphatic carbocycles. The number of amides is 2. The lowest BCUT2D eigenvalue weighted by atomic mass is 10.1. The van der Waals surface area contributed by atoms with Crippen LogP contribution in [0.5, 0.6) is 0 Å². The van der Waals surface area contributed by atoms with E-state index < -0.39 is 0 Å². The maximum Gasteiger partial charge on any atom is 0.283 e. The minimum Gasteiger partial charge on any atom is -0.350 e. The Kier molecular flexibility index (Phi) is 5.70. The van der Waals surface area contributed by atoms with E-state index in [1.54, 1.807) is 0 Å². The second-order valence-corrected chi connectivity index (χ2v) is 8.81. The molecule has 0 saturated heterocycles. The molecule has 31 heavy (non-hydrogen) atoms. The summed E-state index contributed by atoms with van der Waals surface area (Å²) in [6.45, 7) is 7.93. The minimum absolute atomic E-state index is 0.306. The van der Waals surface area contributed by atoms with E-state index in [1.807, 2.05) is 88.4 Å². The van der Waals surface area contributed by atoms with E-state index >= 15 is 0 Å². The average molecular weight is 429 g/mol. The van der Waals surface area contributed by atoms with Gasteiger partial charge in [0.15, 0.2) is 0 Å². The molecule has 1 aliphatic rings. The van der Waals surface area contributed by atoms with Gasteiger partial charge in [0.1, 0.15) is 10.6 Å². The van der Waals surface area contributed by atoms with Gasteiger partial charge in [-0.1, -0.05) is 59.8 Å². The minimum atomic E-state index is -0.336. The van der Waals surface area contributed by atoms with Gasteiger partial charge >= 0.3 is 0 Å². The monoisotopic (exact) mass is 428 g/mol. The number of hydrogen-bond donors (Lipinski definition) is 1. The summed E-state index contributed by atoms with van der Waals surface area (Å²) < 4.78 is 0. The quantitative estimate of drug-likeness (QED) is 0.513. The van der Waals surface area contributed by atoms with Crippen LogP contribution in [0, 0.1) is 27.7 Å². The highest BCUT2D eigenvalue weighted by atomic mass is 32.2. The molecule has 4 rings (SSSR count). The molecule has 0 atom stereocenters. The number of imide groups is 1. The Morgan fingerprint density at radius 1 is 0.774 bits per heavy atom. The predicted octanol–water partition coefficient (Wildman–Crippen LogP) is 5.91. The maximum absolute atomic E-state index is 13.5. The fourth-order valence-electron chi connectivity index (χ4n) is 3.61. The molecule has 1 N–H and O–H groups in total. The summed E-state index contributed by atoms with van der Waals surface area (Å²) in [4.78, 5) is 29.6. The molecule has 1 heterocycles. The van der Waals surface area contributed by atoms with Crippen LogP contribution in [0.15, 0.2) is 82.2 Å². The van der Waals surface area contributed by atoms with E-state index in [9.17, 15) is 9.59 Å². The summed E-state index contributed by atoms with van der Waals surface area (Å²) in [7, 11) is 0. The number of carbonyl (C=O) groups is 2. The zero-order valence-corrected chi connectivity index (χ0v) is 18.8. The zero-order chi connectivity index (χ0) is 22.1. The SMILES string of the molecule is Cc1ccc(NC2=C(Sc3ccccc3)C(=O)N(c3cccc(C)c3C)C2=O)c(C)c1. The molecule has 1 aliphatic heterocycles. The Balaban J connectivity index is 1.79. The fourth-order valence-corrected chi connectivity index (χ4v) is 4.55. The largest absolute Gasteiger partial charge is 0.350 e. The molecule has 5 heteroatoms. The number of hydrogen-bond acceptors (Lipinski definition) is 4. The maximum atomic E-state index is 13.5. The standard InChI is InChI=1S/C26H24N2O2S/c1-16-13-14-21(18(3)15-16)27-23-24(31-20-10-6-5-7-11-20)26(30)28(25(23)29)22-12-8-9-17(2)19(22)4/h5-15,27H,1-4H3. The first kappa shape index (κ1) is 20.9. The Morgan fingerprint density at radius 3 is 2.23 bits per heavy atom. The van der Waals surface area contributed by atoms with Crippen molar-refractivity contribution in [3.05, 3.63) is 99.6 Å². The van der Waals surface area contributed by atoms with Gasteiger partial charge < -0.3 is 5.32 Å². The fraction of sp³-hybridized carbons (Fsp3) is 0.154. The summed E-state index contributed by atoms with van der Waals surface area (Å²) in [6, 6.07) is 21.3. The van der Waals surface area contributed by atoms with Crippen LogP contribution in [0.25, 0.3) is 0 Å². The molecular formula is C26H24N2O2S. The summed E-state index contributed by atoms with van der Waals surface area (Å²) in [5.41, 5.74) is 5.86. The Bertz CT molecular complexity index is 1220. The van der Waals surface area contributed by atoms with Crippen LogP contribution in [0.4, 0.5) is 11.4 Å². The first-order valence-electron chi connectivity index (χ1n) is 10.1. The molecule has 0 radical (unpaired) electrons. The Hall–Kier alpha value is -3.31. The molecular weight excluding hydrogens is 404 g/mol. The number of aryl methyl sites for hydroxylation is 3. The van der Waals surface area contributed by atoms with Crippen molar-refractivity contribution in [1.82, 2.24) is 0 Å². The highest BCUT2D eigenvalue weighted by Gasteiger charge is 2.41. The number of carbonyl (C=O) groups excluding carboxylic acids is 2. The van der Waals surface area contributed by atoms with Crippen LogP contribution in [-0.4, -0.2) is 11.8 Å². The van der Waals surface area contributed by atoms with Gasteiger partial charge in [0.25, 0.3) is 11.8 Å². The van der Waals surface area contributed by atoms with Crippen LogP contribution in [0.1, 0.15) is 22.3 Å². The van der Waals surface area contributed by atoms with Crippen molar-refractivity contribution in [2.45, 2.75) is 32.6 Å². The zero-order valence-electron chi connectivity index (χ0n) is 18.0. The molecule has 0 aromatic heterocycles. The van der Waals surface area contributed by atoms with Crippen LogP contribution in [0.3, 0.4) is 0 Å². The number of anilines is 2. The van der Waals surface area contributed by atoms with Crippen molar-refractivity contribution in [1.29, 1.82) is 0 Å². The molecule has 0 bridgehead atoms. The Morgan fingerprint density at radius 2 is 1.52 bits per heavy atom. The van der Waals surface area contributed by atoms with Gasteiger partial charge in [-0.15, -0.1) is 0 Å². The Labute approximate surface area is 187 Å². The number of nitrogens with zero attached hydrogens (tertiary/aromatic N) is 1. The third-order valence-electron chi connectivity index (χ3n) is 5.46. The molecule has 0 unspecified atom stereocenters. The average Bonchev–Trinajstić information content (AvgIpc) is 2.97. The molecule has 0 spiro atoms. The first-order chi connectivity index (χ1) is 14.9. The third kappa shape index (κ3) is 4.01. The topological polar surface area (TPSA) is 49.4 Å². The summed E-state index contributed by atoms with van der Waals surface area (Å²) >= 11 is 1.31. The second-order valence-electron chi connectivity index (χ2n) is 7.73. The lowest BCUT2D eigenvalue weighted by molar-refractivity contribution is -0.120. The highest BCUT2D eigenvalue weighted by Crippen LogP contribution is 2.39.